The number of halogens is 1. The fourth-order valence-electron chi connectivity index (χ4n) is 2.72. The first-order chi connectivity index (χ1) is 9.01. The molecule has 0 spiro atoms. The molecule has 0 amide bonds. The van der Waals surface area contributed by atoms with Crippen molar-refractivity contribution in [1.29, 1.82) is 0 Å². The fourth-order valence-corrected chi connectivity index (χ4v) is 2.72. The van der Waals surface area contributed by atoms with Gasteiger partial charge in [-0.1, -0.05) is 18.9 Å². The number of rotatable bonds is 3. The van der Waals surface area contributed by atoms with Gasteiger partial charge < -0.3 is 9.84 Å². The Labute approximate surface area is 110 Å². The summed E-state index contributed by atoms with van der Waals surface area (Å²) in [4.78, 5) is 22.8. The van der Waals surface area contributed by atoms with Crippen molar-refractivity contribution >= 4 is 11.9 Å². The molecule has 0 radical (unpaired) electrons. The van der Waals surface area contributed by atoms with Crippen molar-refractivity contribution in [3.8, 4) is 0 Å². The van der Waals surface area contributed by atoms with Crippen molar-refractivity contribution in [1.82, 2.24) is 0 Å². The molecule has 102 valence electrons. The van der Waals surface area contributed by atoms with Crippen molar-refractivity contribution in [3.05, 3.63) is 35.1 Å². The van der Waals surface area contributed by atoms with Crippen LogP contribution in [0.1, 0.15) is 41.6 Å². The highest BCUT2D eigenvalue weighted by atomic mass is 19.1. The van der Waals surface area contributed by atoms with Crippen LogP contribution in [0.5, 0.6) is 0 Å². The van der Waals surface area contributed by atoms with Gasteiger partial charge in [-0.25, -0.2) is 9.18 Å². The van der Waals surface area contributed by atoms with Gasteiger partial charge in [0.25, 0.3) is 0 Å². The van der Waals surface area contributed by atoms with E-state index in [4.69, 9.17) is 0 Å². The van der Waals surface area contributed by atoms with Gasteiger partial charge in [0.1, 0.15) is 5.82 Å². The van der Waals surface area contributed by atoms with Crippen LogP contribution in [-0.4, -0.2) is 24.2 Å². The molecule has 1 aliphatic rings. The number of aliphatic carboxylic acids is 1. The Kier molecular flexibility index (Phi) is 3.55. The van der Waals surface area contributed by atoms with E-state index in [0.717, 1.165) is 18.9 Å². The number of benzene rings is 1. The topological polar surface area (TPSA) is 63.6 Å². The smallest absolute Gasteiger partial charge is 0.337 e. The molecule has 1 aliphatic carbocycles. The normalized spacial score (nSPS) is 17.2. The van der Waals surface area contributed by atoms with E-state index < -0.39 is 23.2 Å². The van der Waals surface area contributed by atoms with Crippen LogP contribution in [0, 0.1) is 5.82 Å². The predicted molar refractivity (Wildman–Crippen MR) is 65.5 cm³/mol. The first-order valence-corrected chi connectivity index (χ1v) is 6.13. The molecule has 1 fully saturated rings. The summed E-state index contributed by atoms with van der Waals surface area (Å²) >= 11 is 0. The maximum atomic E-state index is 14.1. The van der Waals surface area contributed by atoms with Crippen LogP contribution >= 0.6 is 0 Å². The van der Waals surface area contributed by atoms with Gasteiger partial charge in [-0.2, -0.15) is 0 Å². The molecule has 19 heavy (non-hydrogen) atoms. The third-order valence-electron chi connectivity index (χ3n) is 3.77. The van der Waals surface area contributed by atoms with Gasteiger partial charge in [0, 0.05) is 5.56 Å². The molecule has 0 aliphatic heterocycles. The third kappa shape index (κ3) is 2.20. The minimum atomic E-state index is -1.15. The molecule has 0 aromatic heterocycles. The number of methoxy groups -OCH3 is 1. The lowest BCUT2D eigenvalue weighted by molar-refractivity contribution is -0.143. The van der Waals surface area contributed by atoms with Gasteiger partial charge in [0.15, 0.2) is 0 Å². The van der Waals surface area contributed by atoms with Crippen LogP contribution in [-0.2, 0) is 14.9 Å². The van der Waals surface area contributed by atoms with Crippen molar-refractivity contribution in [2.75, 3.05) is 7.11 Å². The Morgan fingerprint density at radius 3 is 2.42 bits per heavy atom. The number of carboxylic acids is 1. The summed E-state index contributed by atoms with van der Waals surface area (Å²) in [5.74, 6) is -2.30. The van der Waals surface area contributed by atoms with Gasteiger partial charge in [0.05, 0.1) is 18.1 Å². The minimum absolute atomic E-state index is 0.0854. The molecule has 0 saturated heterocycles. The summed E-state index contributed by atoms with van der Waals surface area (Å²) in [7, 11) is 1.21. The molecular weight excluding hydrogens is 251 g/mol. The second kappa shape index (κ2) is 4.99. The summed E-state index contributed by atoms with van der Waals surface area (Å²) in [6.45, 7) is 0. The zero-order valence-electron chi connectivity index (χ0n) is 10.6. The molecular formula is C14H15FO4. The number of hydrogen-bond donors (Lipinski definition) is 1. The standard InChI is InChI=1S/C14H15FO4/c1-19-12(16)9-4-5-10(11(15)8-9)14(13(17)18)6-2-3-7-14/h4-5,8H,2-3,6-7H2,1H3,(H,17,18). The Morgan fingerprint density at radius 2 is 1.95 bits per heavy atom. The lowest BCUT2D eigenvalue weighted by Crippen LogP contribution is -2.33. The van der Waals surface area contributed by atoms with E-state index >= 15 is 0 Å². The number of carbonyl (C=O) groups is 2. The molecule has 1 saturated carbocycles. The first-order valence-electron chi connectivity index (χ1n) is 6.13. The molecule has 1 aromatic carbocycles. The Balaban J connectivity index is 2.45. The van der Waals surface area contributed by atoms with Gasteiger partial charge in [0.2, 0.25) is 0 Å². The zero-order valence-corrected chi connectivity index (χ0v) is 10.6. The molecule has 0 unspecified atom stereocenters. The van der Waals surface area contributed by atoms with Gasteiger partial charge >= 0.3 is 11.9 Å². The highest BCUT2D eigenvalue weighted by Crippen LogP contribution is 2.42. The summed E-state index contributed by atoms with van der Waals surface area (Å²) in [5.41, 5.74) is -0.911. The van der Waals surface area contributed by atoms with Crippen LogP contribution < -0.4 is 0 Å². The Bertz CT molecular complexity index is 518. The first kappa shape index (κ1) is 13.5. The van der Waals surface area contributed by atoms with Crippen LogP contribution in [0.15, 0.2) is 18.2 Å². The summed E-state index contributed by atoms with van der Waals surface area (Å²) in [6, 6.07) is 3.85. The van der Waals surface area contributed by atoms with Gasteiger partial charge in [-0.05, 0) is 25.0 Å². The number of ether oxygens (including phenoxy) is 1. The molecule has 4 nitrogen and oxygen atoms in total. The van der Waals surface area contributed by atoms with E-state index in [1.54, 1.807) is 0 Å². The second-order valence-electron chi connectivity index (χ2n) is 4.78. The van der Waals surface area contributed by atoms with E-state index in [1.165, 1.54) is 19.2 Å². The molecule has 0 atom stereocenters. The average Bonchev–Trinajstić information content (AvgIpc) is 2.88. The van der Waals surface area contributed by atoms with Crippen molar-refractivity contribution in [2.24, 2.45) is 0 Å². The largest absolute Gasteiger partial charge is 0.481 e. The number of esters is 1. The van der Waals surface area contributed by atoms with E-state index in [9.17, 15) is 19.1 Å². The molecule has 2 rings (SSSR count). The Hall–Kier alpha value is -1.91. The lowest BCUT2D eigenvalue weighted by Gasteiger charge is -2.25. The number of hydrogen-bond acceptors (Lipinski definition) is 3. The highest BCUT2D eigenvalue weighted by molar-refractivity contribution is 5.90. The maximum absolute atomic E-state index is 14.1. The minimum Gasteiger partial charge on any atom is -0.481 e. The van der Waals surface area contributed by atoms with Gasteiger partial charge in [-0.15, -0.1) is 0 Å². The molecule has 5 heteroatoms. The molecule has 0 bridgehead atoms. The maximum Gasteiger partial charge on any atom is 0.337 e. The summed E-state index contributed by atoms with van der Waals surface area (Å²) in [5, 5.41) is 9.41. The Morgan fingerprint density at radius 1 is 1.32 bits per heavy atom. The SMILES string of the molecule is COC(=O)c1ccc(C2(C(=O)O)CCCC2)c(F)c1. The van der Waals surface area contributed by atoms with E-state index in [1.807, 2.05) is 0 Å². The van der Waals surface area contributed by atoms with Crippen LogP contribution in [0.4, 0.5) is 4.39 Å². The average molecular weight is 266 g/mol. The summed E-state index contributed by atoms with van der Waals surface area (Å²) < 4.78 is 18.6. The zero-order chi connectivity index (χ0) is 14.0. The van der Waals surface area contributed by atoms with E-state index in [2.05, 4.69) is 4.74 Å². The fraction of sp³-hybridized carbons (Fsp3) is 0.429. The van der Waals surface area contributed by atoms with Crippen LogP contribution in [0.3, 0.4) is 0 Å². The molecule has 0 heterocycles. The van der Waals surface area contributed by atoms with Crippen molar-refractivity contribution < 1.29 is 23.8 Å². The third-order valence-corrected chi connectivity index (χ3v) is 3.77. The molecule has 1 aromatic rings. The van der Waals surface area contributed by atoms with Crippen molar-refractivity contribution in [2.45, 2.75) is 31.1 Å². The quantitative estimate of drug-likeness (QED) is 0.854. The van der Waals surface area contributed by atoms with Crippen molar-refractivity contribution in [3.63, 3.8) is 0 Å². The van der Waals surface area contributed by atoms with Gasteiger partial charge in [-0.3, -0.25) is 4.79 Å². The second-order valence-corrected chi connectivity index (χ2v) is 4.78. The monoisotopic (exact) mass is 266 g/mol. The van der Waals surface area contributed by atoms with E-state index in [-0.39, 0.29) is 11.1 Å². The molecule has 1 N–H and O–H groups in total. The summed E-state index contributed by atoms with van der Waals surface area (Å²) in [6.07, 6.45) is 2.39. The lowest BCUT2D eigenvalue weighted by atomic mass is 9.78. The van der Waals surface area contributed by atoms with E-state index in [0.29, 0.717) is 12.8 Å². The highest BCUT2D eigenvalue weighted by Gasteiger charge is 2.44. The number of carbonyl (C=O) groups excluding carboxylic acids is 1. The van der Waals surface area contributed by atoms with Crippen LogP contribution in [0.2, 0.25) is 0 Å². The van der Waals surface area contributed by atoms with Crippen LogP contribution in [0.25, 0.3) is 0 Å². The number of carboxylic acid groups (broad SMARTS) is 1. The predicted octanol–water partition coefficient (Wildman–Crippen LogP) is 2.51.